The number of rotatable bonds is 7. The average molecular weight is 324 g/mol. The number of nitrogens with zero attached hydrogens (tertiary/aromatic N) is 1. The third kappa shape index (κ3) is 4.13. The van der Waals surface area contributed by atoms with Crippen LogP contribution in [0.1, 0.15) is 42.6 Å². The Balaban J connectivity index is 1.65. The summed E-state index contributed by atoms with van der Waals surface area (Å²) >= 11 is 0. The van der Waals surface area contributed by atoms with Gasteiger partial charge in [-0.15, -0.1) is 0 Å². The molecule has 1 aliphatic rings. The number of hydrogen-bond acceptors (Lipinski definition) is 3. The second-order valence-electron chi connectivity index (χ2n) is 6.34. The highest BCUT2D eigenvalue weighted by atomic mass is 16.5. The maximum atomic E-state index is 12.5. The fourth-order valence-corrected chi connectivity index (χ4v) is 2.94. The van der Waals surface area contributed by atoms with E-state index in [-0.39, 0.29) is 11.9 Å². The number of aryl methyl sites for hydroxylation is 1. The highest BCUT2D eigenvalue weighted by Crippen LogP contribution is 2.41. The highest BCUT2D eigenvalue weighted by molar-refractivity contribution is 5.79. The van der Waals surface area contributed by atoms with Crippen molar-refractivity contribution in [2.45, 2.75) is 39.2 Å². The smallest absolute Gasteiger partial charge is 0.224 e. The zero-order chi connectivity index (χ0) is 16.9. The average Bonchev–Trinajstić information content (AvgIpc) is 3.40. The van der Waals surface area contributed by atoms with Crippen molar-refractivity contribution in [1.82, 2.24) is 10.3 Å². The molecule has 1 fully saturated rings. The molecule has 1 aromatic heterocycles. The summed E-state index contributed by atoms with van der Waals surface area (Å²) in [4.78, 5) is 17.0. The van der Waals surface area contributed by atoms with Crippen molar-refractivity contribution in [3.8, 4) is 5.75 Å². The van der Waals surface area contributed by atoms with Gasteiger partial charge in [-0.05, 0) is 61.9 Å². The van der Waals surface area contributed by atoms with Crippen LogP contribution in [0.15, 0.2) is 42.6 Å². The van der Waals surface area contributed by atoms with Crippen LogP contribution in [0.2, 0.25) is 0 Å². The maximum Gasteiger partial charge on any atom is 0.224 e. The lowest BCUT2D eigenvalue weighted by atomic mass is 10.0. The third-order valence-corrected chi connectivity index (χ3v) is 4.35. The van der Waals surface area contributed by atoms with E-state index in [2.05, 4.69) is 23.3 Å². The summed E-state index contributed by atoms with van der Waals surface area (Å²) in [7, 11) is 0. The van der Waals surface area contributed by atoms with Crippen molar-refractivity contribution < 1.29 is 9.53 Å². The second-order valence-corrected chi connectivity index (χ2v) is 6.34. The lowest BCUT2D eigenvalue weighted by Gasteiger charge is -2.19. The first-order chi connectivity index (χ1) is 11.7. The first-order valence-corrected chi connectivity index (χ1v) is 8.60. The third-order valence-electron chi connectivity index (χ3n) is 4.35. The van der Waals surface area contributed by atoms with E-state index in [1.807, 2.05) is 37.3 Å². The zero-order valence-corrected chi connectivity index (χ0v) is 14.3. The van der Waals surface area contributed by atoms with Gasteiger partial charge < -0.3 is 10.1 Å². The Bertz CT molecular complexity index is 693. The largest absolute Gasteiger partial charge is 0.494 e. The van der Waals surface area contributed by atoms with E-state index in [0.717, 1.165) is 35.4 Å². The van der Waals surface area contributed by atoms with Gasteiger partial charge in [-0.1, -0.05) is 18.2 Å². The molecule has 1 amide bonds. The molecule has 0 aliphatic heterocycles. The van der Waals surface area contributed by atoms with Crippen LogP contribution in [0.4, 0.5) is 0 Å². The molecular formula is C20H24N2O2. The molecular weight excluding hydrogens is 300 g/mol. The predicted octanol–water partition coefficient (Wildman–Crippen LogP) is 3.60. The van der Waals surface area contributed by atoms with E-state index >= 15 is 0 Å². The van der Waals surface area contributed by atoms with Crippen LogP contribution in [-0.2, 0) is 11.2 Å². The van der Waals surface area contributed by atoms with Crippen LogP contribution >= 0.6 is 0 Å². The monoisotopic (exact) mass is 324 g/mol. The van der Waals surface area contributed by atoms with Crippen LogP contribution in [-0.4, -0.2) is 17.5 Å². The number of pyridine rings is 1. The molecule has 4 heteroatoms. The van der Waals surface area contributed by atoms with Gasteiger partial charge in [0.15, 0.2) is 0 Å². The van der Waals surface area contributed by atoms with Gasteiger partial charge >= 0.3 is 0 Å². The maximum absolute atomic E-state index is 12.5. The number of hydrogen-bond donors (Lipinski definition) is 1. The Hall–Kier alpha value is -2.36. The van der Waals surface area contributed by atoms with Gasteiger partial charge in [0, 0.05) is 6.20 Å². The summed E-state index contributed by atoms with van der Waals surface area (Å²) in [6.07, 6.45) is 4.49. The van der Waals surface area contributed by atoms with Gasteiger partial charge in [-0.2, -0.15) is 0 Å². The molecule has 1 atom stereocenters. The van der Waals surface area contributed by atoms with Crippen molar-refractivity contribution >= 4 is 5.91 Å². The zero-order valence-electron chi connectivity index (χ0n) is 14.3. The normalized spacial score (nSPS) is 14.9. The fourth-order valence-electron chi connectivity index (χ4n) is 2.94. The standard InChI is InChI=1S/C20H24N2O2/c1-3-24-17-10-6-15(7-11-17)13-18(23)22-20(16-8-9-16)19-14(2)5-4-12-21-19/h4-7,10-12,16,20H,3,8-9,13H2,1-2H3,(H,22,23)/t20-/m0/s1. The van der Waals surface area contributed by atoms with Gasteiger partial charge in [0.25, 0.3) is 0 Å². The number of nitrogens with one attached hydrogen (secondary N) is 1. The molecule has 0 spiro atoms. The molecule has 1 aliphatic carbocycles. The molecule has 1 N–H and O–H groups in total. The van der Waals surface area contributed by atoms with Crippen molar-refractivity contribution in [2.75, 3.05) is 6.61 Å². The minimum absolute atomic E-state index is 0.0291. The number of carbonyl (C=O) groups is 1. The minimum atomic E-state index is 0.0291. The molecule has 0 unspecified atom stereocenters. The molecule has 1 saturated carbocycles. The Morgan fingerprint density at radius 3 is 2.67 bits per heavy atom. The van der Waals surface area contributed by atoms with Crippen LogP contribution < -0.4 is 10.1 Å². The van der Waals surface area contributed by atoms with E-state index in [1.54, 1.807) is 6.20 Å². The lowest BCUT2D eigenvalue weighted by Crippen LogP contribution is -2.32. The van der Waals surface area contributed by atoms with E-state index in [9.17, 15) is 4.79 Å². The van der Waals surface area contributed by atoms with Crippen molar-refractivity contribution in [3.63, 3.8) is 0 Å². The van der Waals surface area contributed by atoms with Crippen molar-refractivity contribution in [3.05, 3.63) is 59.4 Å². The number of benzene rings is 1. The van der Waals surface area contributed by atoms with Crippen LogP contribution in [0.3, 0.4) is 0 Å². The lowest BCUT2D eigenvalue weighted by molar-refractivity contribution is -0.121. The van der Waals surface area contributed by atoms with Gasteiger partial charge in [-0.3, -0.25) is 9.78 Å². The number of amides is 1. The molecule has 4 nitrogen and oxygen atoms in total. The number of carbonyl (C=O) groups excluding carboxylic acids is 1. The molecule has 126 valence electrons. The fraction of sp³-hybridized carbons (Fsp3) is 0.400. The quantitative estimate of drug-likeness (QED) is 0.846. The predicted molar refractivity (Wildman–Crippen MR) is 93.9 cm³/mol. The number of aromatic nitrogens is 1. The van der Waals surface area contributed by atoms with Crippen LogP contribution in [0, 0.1) is 12.8 Å². The van der Waals surface area contributed by atoms with E-state index in [1.165, 1.54) is 0 Å². The van der Waals surface area contributed by atoms with E-state index < -0.39 is 0 Å². The van der Waals surface area contributed by atoms with Crippen LogP contribution in [0.25, 0.3) is 0 Å². The Morgan fingerprint density at radius 1 is 1.29 bits per heavy atom. The van der Waals surface area contributed by atoms with Crippen molar-refractivity contribution in [2.24, 2.45) is 5.92 Å². The van der Waals surface area contributed by atoms with Gasteiger partial charge in [-0.25, -0.2) is 0 Å². The van der Waals surface area contributed by atoms with E-state index in [0.29, 0.717) is 18.9 Å². The molecule has 0 saturated heterocycles. The second kappa shape index (κ2) is 7.47. The topological polar surface area (TPSA) is 51.2 Å². The summed E-state index contributed by atoms with van der Waals surface area (Å²) in [5.74, 6) is 1.39. The van der Waals surface area contributed by atoms with Crippen molar-refractivity contribution in [1.29, 1.82) is 0 Å². The van der Waals surface area contributed by atoms with Crippen LogP contribution in [0.5, 0.6) is 5.75 Å². The van der Waals surface area contributed by atoms with Gasteiger partial charge in [0.1, 0.15) is 5.75 Å². The summed E-state index contributed by atoms with van der Waals surface area (Å²) < 4.78 is 5.43. The first-order valence-electron chi connectivity index (χ1n) is 8.60. The first kappa shape index (κ1) is 16.5. The van der Waals surface area contributed by atoms with E-state index in [4.69, 9.17) is 4.74 Å². The SMILES string of the molecule is CCOc1ccc(CC(=O)N[C@H](c2ncccc2C)C2CC2)cc1. The highest BCUT2D eigenvalue weighted by Gasteiger charge is 2.34. The minimum Gasteiger partial charge on any atom is -0.494 e. The Morgan fingerprint density at radius 2 is 2.04 bits per heavy atom. The molecule has 0 bridgehead atoms. The summed E-state index contributed by atoms with van der Waals surface area (Å²) in [6, 6.07) is 11.7. The summed E-state index contributed by atoms with van der Waals surface area (Å²) in [6.45, 7) is 4.65. The Labute approximate surface area is 143 Å². The van der Waals surface area contributed by atoms with Gasteiger partial charge in [0.2, 0.25) is 5.91 Å². The summed E-state index contributed by atoms with van der Waals surface area (Å²) in [5, 5.41) is 3.19. The number of ether oxygens (including phenoxy) is 1. The molecule has 3 rings (SSSR count). The molecule has 2 aromatic rings. The molecule has 1 aromatic carbocycles. The molecule has 0 radical (unpaired) electrons. The summed E-state index contributed by atoms with van der Waals surface area (Å²) in [5.41, 5.74) is 3.12. The molecule has 24 heavy (non-hydrogen) atoms. The Kier molecular flexibility index (Phi) is 5.14. The van der Waals surface area contributed by atoms with Gasteiger partial charge in [0.05, 0.1) is 24.8 Å². The molecule has 1 heterocycles.